The molecule has 0 aromatic heterocycles. The summed E-state index contributed by atoms with van der Waals surface area (Å²) < 4.78 is 11.8. The molecule has 0 spiro atoms. The topological polar surface area (TPSA) is 52.6 Å². The van der Waals surface area contributed by atoms with Crippen LogP contribution in [0.4, 0.5) is 0 Å². The summed E-state index contributed by atoms with van der Waals surface area (Å²) in [6.45, 7) is 1.82. The molecule has 4 aliphatic carbocycles. The third kappa shape index (κ3) is 4.09. The van der Waals surface area contributed by atoms with Crippen LogP contribution in [0.2, 0.25) is 0 Å². The van der Waals surface area contributed by atoms with Crippen molar-refractivity contribution in [2.24, 2.45) is 23.7 Å². The van der Waals surface area contributed by atoms with Gasteiger partial charge in [-0.15, -0.1) is 0 Å². The van der Waals surface area contributed by atoms with E-state index in [-0.39, 0.29) is 29.9 Å². The summed E-state index contributed by atoms with van der Waals surface area (Å²) in [5.74, 6) is 1.09. The lowest BCUT2D eigenvalue weighted by molar-refractivity contribution is -0.172. The van der Waals surface area contributed by atoms with E-state index >= 15 is 0 Å². The lowest BCUT2D eigenvalue weighted by Gasteiger charge is -2.39. The number of carbonyl (C=O) groups is 2. The zero-order chi connectivity index (χ0) is 18.9. The normalized spacial score (nSPS) is 33.1. The van der Waals surface area contributed by atoms with Crippen LogP contribution in [0.3, 0.4) is 0 Å². The highest BCUT2D eigenvalue weighted by molar-refractivity contribution is 5.75. The number of allylic oxidation sites excluding steroid dienone is 2. The average molecular weight is 375 g/mol. The smallest absolute Gasteiger partial charge is 0.310 e. The number of ether oxygens (including phenoxy) is 2. The van der Waals surface area contributed by atoms with E-state index in [2.05, 4.69) is 12.2 Å². The maximum Gasteiger partial charge on any atom is 0.310 e. The molecule has 3 fully saturated rings. The summed E-state index contributed by atoms with van der Waals surface area (Å²) in [5.41, 5.74) is -0.239. The van der Waals surface area contributed by atoms with Crippen molar-refractivity contribution in [1.82, 2.24) is 0 Å². The lowest BCUT2D eigenvalue weighted by Crippen LogP contribution is -2.41. The number of hydrogen-bond donors (Lipinski definition) is 0. The molecule has 0 aromatic carbocycles. The summed E-state index contributed by atoms with van der Waals surface area (Å²) in [6, 6.07) is 0. The predicted octanol–water partition coefficient (Wildman–Crippen LogP) is 4.96. The number of hydrogen-bond acceptors (Lipinski definition) is 4. The Kier molecular flexibility index (Phi) is 5.61. The molecule has 3 saturated carbocycles. The number of fused-ring (bicyclic) bond motifs is 2. The second-order valence-electron chi connectivity index (χ2n) is 9.42. The standard InChI is InChI=1S/C23H34O4/c1-16(26-22(25)20-15-17-9-10-18(20)14-17)13-21(24)27-23(11-5-6-12-23)19-7-3-2-4-8-19/h9-10,16-20H,2-8,11-15H2,1H3. The van der Waals surface area contributed by atoms with Crippen LogP contribution in [0, 0.1) is 23.7 Å². The van der Waals surface area contributed by atoms with Gasteiger partial charge in [-0.3, -0.25) is 9.59 Å². The summed E-state index contributed by atoms with van der Waals surface area (Å²) in [6.07, 6.45) is 16.7. The molecular formula is C23H34O4. The number of esters is 2. The Hall–Kier alpha value is -1.32. The van der Waals surface area contributed by atoms with Crippen LogP contribution in [0.25, 0.3) is 0 Å². The maximum atomic E-state index is 12.7. The van der Waals surface area contributed by atoms with E-state index in [1.165, 1.54) is 32.1 Å². The van der Waals surface area contributed by atoms with Crippen molar-refractivity contribution in [3.05, 3.63) is 12.2 Å². The van der Waals surface area contributed by atoms with Crippen LogP contribution in [0.15, 0.2) is 12.2 Å². The van der Waals surface area contributed by atoms with Crippen LogP contribution in [0.1, 0.15) is 84.0 Å². The van der Waals surface area contributed by atoms with Crippen LogP contribution in [0.5, 0.6) is 0 Å². The van der Waals surface area contributed by atoms with Gasteiger partial charge in [0.1, 0.15) is 11.7 Å². The molecule has 4 aliphatic rings. The molecule has 0 amide bonds. The van der Waals surface area contributed by atoms with E-state index in [9.17, 15) is 9.59 Å². The van der Waals surface area contributed by atoms with E-state index in [0.29, 0.717) is 17.8 Å². The molecule has 4 rings (SSSR count). The summed E-state index contributed by atoms with van der Waals surface area (Å²) in [5, 5.41) is 0. The summed E-state index contributed by atoms with van der Waals surface area (Å²) in [4.78, 5) is 25.1. The molecule has 27 heavy (non-hydrogen) atoms. The van der Waals surface area contributed by atoms with Crippen molar-refractivity contribution in [3.8, 4) is 0 Å². The molecule has 2 bridgehead atoms. The maximum absolute atomic E-state index is 12.7. The van der Waals surface area contributed by atoms with Crippen molar-refractivity contribution in [2.75, 3.05) is 0 Å². The number of rotatable bonds is 6. The highest BCUT2D eigenvalue weighted by Crippen LogP contribution is 2.46. The molecular weight excluding hydrogens is 340 g/mol. The van der Waals surface area contributed by atoms with Gasteiger partial charge < -0.3 is 9.47 Å². The van der Waals surface area contributed by atoms with Gasteiger partial charge >= 0.3 is 11.9 Å². The fraction of sp³-hybridized carbons (Fsp3) is 0.826. The van der Waals surface area contributed by atoms with E-state index in [1.807, 2.05) is 6.92 Å². The van der Waals surface area contributed by atoms with Crippen molar-refractivity contribution in [3.63, 3.8) is 0 Å². The first-order valence-corrected chi connectivity index (χ1v) is 11.2. The molecule has 4 heteroatoms. The molecule has 0 heterocycles. The van der Waals surface area contributed by atoms with E-state index < -0.39 is 6.10 Å². The quantitative estimate of drug-likeness (QED) is 0.487. The lowest BCUT2D eigenvalue weighted by atomic mass is 9.75. The second-order valence-corrected chi connectivity index (χ2v) is 9.42. The van der Waals surface area contributed by atoms with Crippen LogP contribution in [-0.4, -0.2) is 23.6 Å². The zero-order valence-electron chi connectivity index (χ0n) is 16.7. The summed E-state index contributed by atoms with van der Waals surface area (Å²) >= 11 is 0. The first-order valence-electron chi connectivity index (χ1n) is 11.2. The van der Waals surface area contributed by atoms with Crippen molar-refractivity contribution < 1.29 is 19.1 Å². The zero-order valence-corrected chi connectivity index (χ0v) is 16.7. The Morgan fingerprint density at radius 2 is 1.78 bits per heavy atom. The minimum atomic E-state index is -0.405. The minimum absolute atomic E-state index is 0.0121. The Labute approximate surface area is 163 Å². The van der Waals surface area contributed by atoms with Crippen molar-refractivity contribution in [1.29, 1.82) is 0 Å². The fourth-order valence-electron chi connectivity index (χ4n) is 6.08. The second kappa shape index (κ2) is 7.97. The Morgan fingerprint density at radius 3 is 2.41 bits per heavy atom. The Bertz CT molecular complexity index is 583. The molecule has 0 aliphatic heterocycles. The third-order valence-corrected chi connectivity index (χ3v) is 7.47. The van der Waals surface area contributed by atoms with Crippen molar-refractivity contribution in [2.45, 2.75) is 95.7 Å². The number of carbonyl (C=O) groups excluding carboxylic acids is 2. The van der Waals surface area contributed by atoms with Crippen LogP contribution in [-0.2, 0) is 19.1 Å². The first-order chi connectivity index (χ1) is 13.1. The van der Waals surface area contributed by atoms with E-state index in [0.717, 1.165) is 38.5 Å². The molecule has 4 unspecified atom stereocenters. The van der Waals surface area contributed by atoms with Crippen LogP contribution < -0.4 is 0 Å². The highest BCUT2D eigenvalue weighted by atomic mass is 16.6. The fourth-order valence-corrected chi connectivity index (χ4v) is 6.08. The van der Waals surface area contributed by atoms with Gasteiger partial charge in [0.15, 0.2) is 0 Å². The van der Waals surface area contributed by atoms with E-state index in [4.69, 9.17) is 9.47 Å². The van der Waals surface area contributed by atoms with Gasteiger partial charge in [-0.1, -0.05) is 31.4 Å². The highest BCUT2D eigenvalue weighted by Gasteiger charge is 2.45. The molecule has 0 aromatic rings. The average Bonchev–Trinajstić information content (AvgIpc) is 3.39. The largest absolute Gasteiger partial charge is 0.462 e. The molecule has 4 nitrogen and oxygen atoms in total. The van der Waals surface area contributed by atoms with Gasteiger partial charge in [-0.2, -0.15) is 0 Å². The van der Waals surface area contributed by atoms with Gasteiger partial charge in [0.25, 0.3) is 0 Å². The SMILES string of the molecule is CC(CC(=O)OC1(C2CCCCC2)CCCC1)OC(=O)C1CC2C=CC1C2. The third-order valence-electron chi connectivity index (χ3n) is 7.47. The molecule has 0 radical (unpaired) electrons. The monoisotopic (exact) mass is 374 g/mol. The Balaban J connectivity index is 1.28. The molecule has 150 valence electrons. The Morgan fingerprint density at radius 1 is 1.04 bits per heavy atom. The van der Waals surface area contributed by atoms with Gasteiger partial charge in [0.05, 0.1) is 12.3 Å². The van der Waals surface area contributed by atoms with Crippen molar-refractivity contribution >= 4 is 11.9 Å². The predicted molar refractivity (Wildman–Crippen MR) is 103 cm³/mol. The molecule has 0 N–H and O–H groups in total. The summed E-state index contributed by atoms with van der Waals surface area (Å²) in [7, 11) is 0. The van der Waals surface area contributed by atoms with Gasteiger partial charge in [-0.25, -0.2) is 0 Å². The first kappa shape index (κ1) is 19.0. The van der Waals surface area contributed by atoms with Crippen LogP contribution >= 0.6 is 0 Å². The van der Waals surface area contributed by atoms with E-state index in [1.54, 1.807) is 0 Å². The van der Waals surface area contributed by atoms with Gasteiger partial charge in [0, 0.05) is 0 Å². The molecule has 0 saturated heterocycles. The van der Waals surface area contributed by atoms with Gasteiger partial charge in [0.2, 0.25) is 0 Å². The minimum Gasteiger partial charge on any atom is -0.462 e. The van der Waals surface area contributed by atoms with Gasteiger partial charge in [-0.05, 0) is 76.0 Å². The molecule has 4 atom stereocenters.